The number of fused-ring (bicyclic) bond motifs is 4. The zero-order valence-corrected chi connectivity index (χ0v) is 18.4. The Labute approximate surface area is 191 Å². The number of benzene rings is 2. The van der Waals surface area contributed by atoms with Crippen molar-refractivity contribution < 1.29 is 0 Å². The molecule has 0 saturated carbocycles. The van der Waals surface area contributed by atoms with Gasteiger partial charge in [-0.25, -0.2) is 0 Å². The lowest BCUT2D eigenvalue weighted by atomic mass is 9.92. The molecule has 6 rings (SSSR count). The Morgan fingerprint density at radius 1 is 1.06 bits per heavy atom. The summed E-state index contributed by atoms with van der Waals surface area (Å²) in [6.45, 7) is 2.99. The van der Waals surface area contributed by atoms with Gasteiger partial charge in [-0.3, -0.25) is 9.99 Å². The molecule has 0 radical (unpaired) electrons. The molecule has 0 spiro atoms. The van der Waals surface area contributed by atoms with Crippen LogP contribution in [0.5, 0.6) is 0 Å². The van der Waals surface area contributed by atoms with Gasteiger partial charge in [0.25, 0.3) is 0 Å². The van der Waals surface area contributed by atoms with Crippen molar-refractivity contribution in [3.8, 4) is 11.1 Å². The molecule has 1 unspecified atom stereocenters. The fraction of sp³-hybridized carbons (Fsp3) is 0.160. The second kappa shape index (κ2) is 7.58. The summed E-state index contributed by atoms with van der Waals surface area (Å²) in [6.07, 6.45) is 6.73. The molecule has 2 aromatic heterocycles. The van der Waals surface area contributed by atoms with Crippen molar-refractivity contribution in [2.45, 2.75) is 19.4 Å². The third kappa shape index (κ3) is 3.20. The number of rotatable bonds is 3. The Hall–Kier alpha value is -3.48. The van der Waals surface area contributed by atoms with Gasteiger partial charge in [-0.1, -0.05) is 23.7 Å². The summed E-state index contributed by atoms with van der Waals surface area (Å²) in [5, 5.41) is 7.86. The lowest BCUT2D eigenvalue weighted by molar-refractivity contribution is 0.281. The molecule has 0 saturated heterocycles. The van der Waals surface area contributed by atoms with E-state index in [0.717, 1.165) is 46.0 Å². The number of halogens is 1. The second-order valence-electron chi connectivity index (χ2n) is 8.28. The number of allylic oxidation sites excluding steroid dienone is 1. The molecule has 2 aliphatic rings. The minimum atomic E-state index is 0.150. The van der Waals surface area contributed by atoms with Gasteiger partial charge in [0.05, 0.1) is 29.1 Å². The molecule has 0 amide bonds. The molecule has 4 N–H and O–H groups in total. The third-order valence-electron chi connectivity index (χ3n) is 6.30. The van der Waals surface area contributed by atoms with E-state index < -0.39 is 0 Å². The number of aromatic nitrogens is 2. The van der Waals surface area contributed by atoms with Gasteiger partial charge in [0, 0.05) is 46.2 Å². The SMILES string of the molecule is CC1=C2c3ccc(-c4cncc5[nH]ccc45)cc3C(Nc3ccc(Cl)cc3)CCN2NN1. The highest BCUT2D eigenvalue weighted by atomic mass is 35.5. The number of anilines is 1. The highest BCUT2D eigenvalue weighted by molar-refractivity contribution is 6.30. The summed E-state index contributed by atoms with van der Waals surface area (Å²) in [4.78, 5) is 7.72. The molecule has 2 aliphatic heterocycles. The van der Waals surface area contributed by atoms with E-state index in [4.69, 9.17) is 11.6 Å². The lowest BCUT2D eigenvalue weighted by Gasteiger charge is -2.21. The number of pyridine rings is 1. The molecule has 32 heavy (non-hydrogen) atoms. The average molecular weight is 443 g/mol. The highest BCUT2D eigenvalue weighted by Crippen LogP contribution is 2.40. The van der Waals surface area contributed by atoms with Crippen LogP contribution in [0.3, 0.4) is 0 Å². The maximum Gasteiger partial charge on any atom is 0.0814 e. The molecular weight excluding hydrogens is 420 g/mol. The van der Waals surface area contributed by atoms with E-state index in [0.29, 0.717) is 0 Å². The number of hydrazine groups is 2. The Bertz CT molecular complexity index is 1340. The van der Waals surface area contributed by atoms with Crippen LogP contribution in [0.1, 0.15) is 30.5 Å². The molecule has 4 aromatic rings. The highest BCUT2D eigenvalue weighted by Gasteiger charge is 2.30. The van der Waals surface area contributed by atoms with Gasteiger partial charge in [0.2, 0.25) is 0 Å². The smallest absolute Gasteiger partial charge is 0.0814 e. The van der Waals surface area contributed by atoms with Crippen molar-refractivity contribution in [1.82, 2.24) is 25.9 Å². The fourth-order valence-electron chi connectivity index (χ4n) is 4.74. The number of H-pyrrole nitrogens is 1. The Balaban J connectivity index is 1.50. The summed E-state index contributed by atoms with van der Waals surface area (Å²) >= 11 is 6.10. The van der Waals surface area contributed by atoms with E-state index in [1.54, 1.807) is 0 Å². The number of hydrogen-bond donors (Lipinski definition) is 4. The first-order chi connectivity index (χ1) is 15.7. The Morgan fingerprint density at radius 2 is 1.94 bits per heavy atom. The van der Waals surface area contributed by atoms with Crippen molar-refractivity contribution in [3.63, 3.8) is 0 Å². The largest absolute Gasteiger partial charge is 0.378 e. The van der Waals surface area contributed by atoms with Gasteiger partial charge in [0.15, 0.2) is 0 Å². The number of hydrogen-bond acceptors (Lipinski definition) is 5. The zero-order chi connectivity index (χ0) is 21.7. The Kier molecular flexibility index (Phi) is 4.56. The molecule has 0 aliphatic carbocycles. The van der Waals surface area contributed by atoms with Crippen LogP contribution >= 0.6 is 11.6 Å². The zero-order valence-electron chi connectivity index (χ0n) is 17.6. The molecule has 1 atom stereocenters. The summed E-state index contributed by atoms with van der Waals surface area (Å²) < 4.78 is 0. The van der Waals surface area contributed by atoms with E-state index in [2.05, 4.69) is 62.4 Å². The van der Waals surface area contributed by atoms with Crippen LogP contribution < -0.4 is 16.3 Å². The van der Waals surface area contributed by atoms with Crippen molar-refractivity contribution in [1.29, 1.82) is 0 Å². The molecule has 0 fully saturated rings. The number of aromatic amines is 1. The topological polar surface area (TPSA) is 68.0 Å². The lowest BCUT2D eigenvalue weighted by Crippen LogP contribution is -2.37. The molecule has 2 aromatic carbocycles. The first-order valence-electron chi connectivity index (χ1n) is 10.8. The predicted molar refractivity (Wildman–Crippen MR) is 130 cm³/mol. The van der Waals surface area contributed by atoms with Gasteiger partial charge in [-0.2, -0.15) is 0 Å². The molecule has 160 valence electrons. The van der Waals surface area contributed by atoms with Gasteiger partial charge < -0.3 is 15.7 Å². The normalized spacial score (nSPS) is 17.7. The standard InChI is InChI=1S/C25H23ClN6/c1-15-25-20-7-2-16(22-13-27-14-24-19(22)8-10-28-24)12-21(20)23(9-11-32(25)31-30-15)29-18-5-3-17(26)4-6-18/h2-8,10,12-14,23,28-31H,9,11H2,1H3. The first kappa shape index (κ1) is 19.2. The quantitative estimate of drug-likeness (QED) is 0.339. The van der Waals surface area contributed by atoms with Crippen molar-refractivity contribution in [2.75, 3.05) is 11.9 Å². The van der Waals surface area contributed by atoms with E-state index in [1.807, 2.05) is 42.9 Å². The fourth-order valence-corrected chi connectivity index (χ4v) is 4.87. The minimum absolute atomic E-state index is 0.150. The molecule has 4 heterocycles. The van der Waals surface area contributed by atoms with E-state index in [9.17, 15) is 0 Å². The third-order valence-corrected chi connectivity index (χ3v) is 6.55. The van der Waals surface area contributed by atoms with E-state index >= 15 is 0 Å². The van der Waals surface area contributed by atoms with Crippen LogP contribution in [-0.4, -0.2) is 21.5 Å². The van der Waals surface area contributed by atoms with Crippen LogP contribution in [0.25, 0.3) is 27.7 Å². The maximum atomic E-state index is 6.10. The van der Waals surface area contributed by atoms with Crippen LogP contribution in [0, 0.1) is 0 Å². The minimum Gasteiger partial charge on any atom is -0.378 e. The van der Waals surface area contributed by atoms with Gasteiger partial charge in [-0.05, 0) is 60.9 Å². The van der Waals surface area contributed by atoms with E-state index in [1.165, 1.54) is 22.2 Å². The summed E-state index contributed by atoms with van der Waals surface area (Å²) in [7, 11) is 0. The number of nitrogens with zero attached hydrogens (tertiary/aromatic N) is 2. The van der Waals surface area contributed by atoms with Crippen LogP contribution in [0.4, 0.5) is 5.69 Å². The summed E-state index contributed by atoms with van der Waals surface area (Å²) in [5.41, 5.74) is 15.8. The Morgan fingerprint density at radius 3 is 2.81 bits per heavy atom. The molecule has 7 heteroatoms. The molecular formula is C25H23ClN6. The van der Waals surface area contributed by atoms with Crippen molar-refractivity contribution in [3.05, 3.63) is 89.0 Å². The van der Waals surface area contributed by atoms with Crippen molar-refractivity contribution >= 4 is 33.9 Å². The molecule has 0 bridgehead atoms. The van der Waals surface area contributed by atoms with E-state index in [-0.39, 0.29) is 6.04 Å². The van der Waals surface area contributed by atoms with Crippen LogP contribution in [0.15, 0.2) is 72.8 Å². The van der Waals surface area contributed by atoms with Gasteiger partial charge in [0.1, 0.15) is 0 Å². The summed E-state index contributed by atoms with van der Waals surface area (Å²) in [6, 6.07) is 16.9. The number of nitrogens with one attached hydrogen (secondary N) is 4. The first-order valence-corrected chi connectivity index (χ1v) is 11.1. The maximum absolute atomic E-state index is 6.10. The summed E-state index contributed by atoms with van der Waals surface area (Å²) in [5.74, 6) is 0. The van der Waals surface area contributed by atoms with Crippen LogP contribution in [-0.2, 0) is 0 Å². The predicted octanol–water partition coefficient (Wildman–Crippen LogP) is 5.45. The van der Waals surface area contributed by atoms with Gasteiger partial charge >= 0.3 is 0 Å². The van der Waals surface area contributed by atoms with Crippen molar-refractivity contribution in [2.24, 2.45) is 0 Å². The second-order valence-corrected chi connectivity index (χ2v) is 8.72. The molecule has 6 nitrogen and oxygen atoms in total. The van der Waals surface area contributed by atoms with Crippen LogP contribution in [0.2, 0.25) is 5.02 Å². The van der Waals surface area contributed by atoms with Gasteiger partial charge in [-0.15, -0.1) is 5.53 Å². The average Bonchev–Trinajstić information content (AvgIpc) is 3.40. The monoisotopic (exact) mass is 442 g/mol.